The number of ether oxygens (including phenoxy) is 2. The third-order valence-electron chi connectivity index (χ3n) is 7.12. The van der Waals surface area contributed by atoms with Gasteiger partial charge >= 0.3 is 0 Å². The number of fused-ring (bicyclic) bond motifs is 5. The highest BCUT2D eigenvalue weighted by Crippen LogP contribution is 2.42. The Morgan fingerprint density at radius 1 is 0.459 bits per heavy atom. The molecular weight excluding hydrogens is 456 g/mol. The van der Waals surface area contributed by atoms with E-state index in [1.54, 1.807) is 0 Å². The molecule has 1 aliphatic rings. The van der Waals surface area contributed by atoms with Crippen LogP contribution in [0, 0.1) is 0 Å². The van der Waals surface area contributed by atoms with Crippen molar-refractivity contribution in [2.24, 2.45) is 0 Å². The lowest BCUT2D eigenvalue weighted by Gasteiger charge is -2.12. The summed E-state index contributed by atoms with van der Waals surface area (Å²) in [6.07, 6.45) is 0.823. The Hall–Kier alpha value is -4.96. The van der Waals surface area contributed by atoms with Crippen molar-refractivity contribution in [1.82, 2.24) is 0 Å². The van der Waals surface area contributed by atoms with Gasteiger partial charge in [-0.3, -0.25) is 0 Å². The van der Waals surface area contributed by atoms with Gasteiger partial charge in [0, 0.05) is 32.9 Å². The molecule has 0 heterocycles. The minimum absolute atomic E-state index is 0.748. The van der Waals surface area contributed by atoms with Crippen LogP contribution < -0.4 is 20.9 Å². The van der Waals surface area contributed by atoms with Gasteiger partial charge in [0.05, 0.1) is 0 Å². The lowest BCUT2D eigenvalue weighted by molar-refractivity contribution is 0.488. The lowest BCUT2D eigenvalue weighted by atomic mass is 10.1. The van der Waals surface area contributed by atoms with Gasteiger partial charge in [0.1, 0.15) is 23.0 Å². The Morgan fingerprint density at radius 3 is 1.35 bits per heavy atom. The minimum atomic E-state index is 0.748. The fourth-order valence-electron chi connectivity index (χ4n) is 5.31. The number of rotatable bonds is 4. The minimum Gasteiger partial charge on any atom is -0.457 e. The van der Waals surface area contributed by atoms with E-state index >= 15 is 0 Å². The predicted molar refractivity (Wildman–Crippen MR) is 152 cm³/mol. The summed E-state index contributed by atoms with van der Waals surface area (Å²) >= 11 is 0. The molecule has 0 spiro atoms. The third-order valence-corrected chi connectivity index (χ3v) is 7.12. The Labute approximate surface area is 214 Å². The van der Waals surface area contributed by atoms with Crippen LogP contribution in [0.5, 0.6) is 23.0 Å². The van der Waals surface area contributed by atoms with Crippen LogP contribution >= 0.6 is 0 Å². The lowest BCUT2D eigenvalue weighted by Crippen LogP contribution is -1.91. The summed E-state index contributed by atoms with van der Waals surface area (Å²) < 4.78 is 12.7. The summed E-state index contributed by atoms with van der Waals surface area (Å²) in [5.74, 6) is 3.22. The Kier molecular flexibility index (Phi) is 4.79. The molecular formula is C33H24N2O2. The van der Waals surface area contributed by atoms with Crippen LogP contribution in [0.25, 0.3) is 32.7 Å². The predicted octanol–water partition coefficient (Wildman–Crippen LogP) is 8.31. The molecule has 0 saturated heterocycles. The summed E-state index contributed by atoms with van der Waals surface area (Å²) in [5, 5.41) is 4.00. The summed E-state index contributed by atoms with van der Waals surface area (Å²) in [6.45, 7) is 0. The molecule has 0 aromatic heterocycles. The number of nitrogen functional groups attached to an aromatic ring is 2. The molecule has 7 rings (SSSR count). The fraction of sp³-hybridized carbons (Fsp3) is 0.0303. The first kappa shape index (κ1) is 21.3. The van der Waals surface area contributed by atoms with E-state index in [4.69, 9.17) is 20.9 Å². The zero-order valence-electron chi connectivity index (χ0n) is 20.1. The molecule has 37 heavy (non-hydrogen) atoms. The van der Waals surface area contributed by atoms with E-state index in [9.17, 15) is 0 Å². The maximum absolute atomic E-state index is 6.33. The SMILES string of the molecule is Nc1ccc(Oc2ccc3c(c2)Cc2cc(Oc4ccc(N)c5ccccc45)ccc2-3)c2ccccc12. The van der Waals surface area contributed by atoms with Gasteiger partial charge in [0.25, 0.3) is 0 Å². The second-order valence-corrected chi connectivity index (χ2v) is 9.42. The molecule has 0 saturated carbocycles. The summed E-state index contributed by atoms with van der Waals surface area (Å²) in [5.41, 5.74) is 18.8. The number of nitrogens with two attached hydrogens (primary N) is 2. The maximum Gasteiger partial charge on any atom is 0.135 e. The summed E-state index contributed by atoms with van der Waals surface area (Å²) in [6, 6.07) is 36.4. The topological polar surface area (TPSA) is 70.5 Å². The Balaban J connectivity index is 1.17. The van der Waals surface area contributed by atoms with Crippen LogP contribution in [0.4, 0.5) is 11.4 Å². The molecule has 0 atom stereocenters. The van der Waals surface area contributed by atoms with Gasteiger partial charge in [-0.1, -0.05) is 60.7 Å². The molecule has 0 bridgehead atoms. The molecule has 1 aliphatic carbocycles. The maximum atomic E-state index is 6.33. The number of anilines is 2. The highest BCUT2D eigenvalue weighted by Gasteiger charge is 2.20. The molecule has 0 radical (unpaired) electrons. The molecule has 4 nitrogen and oxygen atoms in total. The molecule has 6 aromatic carbocycles. The second kappa shape index (κ2) is 8.32. The van der Waals surface area contributed by atoms with E-state index in [-0.39, 0.29) is 0 Å². The van der Waals surface area contributed by atoms with Crippen molar-refractivity contribution < 1.29 is 9.47 Å². The molecule has 0 aliphatic heterocycles. The number of benzene rings is 6. The van der Waals surface area contributed by atoms with Crippen LogP contribution in [0.2, 0.25) is 0 Å². The van der Waals surface area contributed by atoms with Crippen molar-refractivity contribution in [1.29, 1.82) is 0 Å². The van der Waals surface area contributed by atoms with E-state index in [1.165, 1.54) is 22.3 Å². The van der Waals surface area contributed by atoms with Crippen LogP contribution in [0.3, 0.4) is 0 Å². The van der Waals surface area contributed by atoms with Crippen LogP contribution in [-0.2, 0) is 6.42 Å². The molecule has 0 fully saturated rings. The standard InChI is InChI=1S/C33H24N2O2/c34-30-13-15-32(28-7-3-1-5-26(28)30)36-22-9-11-24-20(18-22)17-21-19-23(10-12-25(21)24)37-33-16-14-31(35)27-6-2-4-8-29(27)33/h1-16,18-19H,17,34-35H2. The van der Waals surface area contributed by atoms with Crippen molar-refractivity contribution in [2.75, 3.05) is 11.5 Å². The second-order valence-electron chi connectivity index (χ2n) is 9.42. The van der Waals surface area contributed by atoms with Gasteiger partial charge in [0.2, 0.25) is 0 Å². The van der Waals surface area contributed by atoms with E-state index < -0.39 is 0 Å². The van der Waals surface area contributed by atoms with Gasteiger partial charge in [-0.15, -0.1) is 0 Å². The monoisotopic (exact) mass is 480 g/mol. The molecule has 6 aromatic rings. The molecule has 4 N–H and O–H groups in total. The van der Waals surface area contributed by atoms with Crippen LogP contribution in [0.1, 0.15) is 11.1 Å². The summed E-state index contributed by atoms with van der Waals surface area (Å²) in [4.78, 5) is 0. The van der Waals surface area contributed by atoms with E-state index in [0.717, 1.165) is 62.3 Å². The van der Waals surface area contributed by atoms with Crippen molar-refractivity contribution in [2.45, 2.75) is 6.42 Å². The van der Waals surface area contributed by atoms with Crippen molar-refractivity contribution in [3.63, 3.8) is 0 Å². The smallest absolute Gasteiger partial charge is 0.135 e. The Morgan fingerprint density at radius 2 is 0.892 bits per heavy atom. The van der Waals surface area contributed by atoms with E-state index in [0.29, 0.717) is 0 Å². The van der Waals surface area contributed by atoms with Gasteiger partial charge in [-0.25, -0.2) is 0 Å². The van der Waals surface area contributed by atoms with E-state index in [1.807, 2.05) is 84.9 Å². The highest BCUT2D eigenvalue weighted by molar-refractivity contribution is 5.98. The highest BCUT2D eigenvalue weighted by atomic mass is 16.5. The quantitative estimate of drug-likeness (QED) is 0.249. The van der Waals surface area contributed by atoms with Crippen molar-refractivity contribution in [3.05, 3.63) is 120 Å². The van der Waals surface area contributed by atoms with Gasteiger partial charge in [-0.05, 0) is 77.2 Å². The average molecular weight is 481 g/mol. The first-order valence-corrected chi connectivity index (χ1v) is 12.3. The van der Waals surface area contributed by atoms with Gasteiger partial charge in [0.15, 0.2) is 0 Å². The molecule has 178 valence electrons. The molecule has 0 unspecified atom stereocenters. The largest absolute Gasteiger partial charge is 0.457 e. The van der Waals surface area contributed by atoms with Gasteiger partial charge in [-0.2, -0.15) is 0 Å². The number of hydrogen-bond donors (Lipinski definition) is 2. The average Bonchev–Trinajstić information content (AvgIpc) is 3.29. The Bertz CT molecular complexity index is 1710. The van der Waals surface area contributed by atoms with E-state index in [2.05, 4.69) is 24.3 Å². The van der Waals surface area contributed by atoms with Crippen molar-refractivity contribution in [3.8, 4) is 34.1 Å². The molecule has 0 amide bonds. The zero-order chi connectivity index (χ0) is 24.9. The van der Waals surface area contributed by atoms with Gasteiger partial charge < -0.3 is 20.9 Å². The third kappa shape index (κ3) is 3.62. The first-order valence-electron chi connectivity index (χ1n) is 12.3. The zero-order valence-corrected chi connectivity index (χ0v) is 20.1. The normalized spacial score (nSPS) is 11.9. The fourth-order valence-corrected chi connectivity index (χ4v) is 5.31. The van der Waals surface area contributed by atoms with Crippen LogP contribution in [0.15, 0.2) is 109 Å². The van der Waals surface area contributed by atoms with Crippen LogP contribution in [-0.4, -0.2) is 0 Å². The summed E-state index contributed by atoms with van der Waals surface area (Å²) in [7, 11) is 0. The number of hydrogen-bond acceptors (Lipinski definition) is 4. The molecule has 4 heteroatoms. The van der Waals surface area contributed by atoms with Crippen molar-refractivity contribution >= 4 is 32.9 Å². The first-order chi connectivity index (χ1) is 18.1.